The van der Waals surface area contributed by atoms with Crippen LogP contribution in [-0.2, 0) is 6.42 Å². The molecule has 0 aliphatic carbocycles. The molecule has 0 saturated heterocycles. The van der Waals surface area contributed by atoms with Gasteiger partial charge in [0.25, 0.3) is 5.69 Å². The summed E-state index contributed by atoms with van der Waals surface area (Å²) in [6.07, 6.45) is 1.47. The van der Waals surface area contributed by atoms with E-state index < -0.39 is 4.92 Å². The van der Waals surface area contributed by atoms with Gasteiger partial charge in [-0.1, -0.05) is 18.2 Å². The van der Waals surface area contributed by atoms with Crippen LogP contribution >= 0.6 is 0 Å². The highest BCUT2D eigenvalue weighted by Gasteiger charge is 2.10. The summed E-state index contributed by atoms with van der Waals surface area (Å²) >= 11 is 0. The number of hydrogen-bond acceptors (Lipinski definition) is 4. The fraction of sp³-hybridized carbons (Fsp3) is 0.125. The molecular weight excluding hydrogens is 172 g/mol. The summed E-state index contributed by atoms with van der Waals surface area (Å²) in [4.78, 5) is 10.0. The third kappa shape index (κ3) is 2.26. The van der Waals surface area contributed by atoms with Crippen LogP contribution in [0.5, 0.6) is 0 Å². The second-order valence-electron chi connectivity index (χ2n) is 2.39. The monoisotopic (exact) mass is 180 g/mol. The van der Waals surface area contributed by atoms with Crippen LogP contribution in [0.2, 0.25) is 0 Å². The highest BCUT2D eigenvalue weighted by atomic mass is 16.6. The van der Waals surface area contributed by atoms with Gasteiger partial charge < -0.3 is 5.21 Å². The summed E-state index contributed by atoms with van der Waals surface area (Å²) in [5.74, 6) is 0. The number of nitro benzene ring substituents is 1. The molecule has 5 heteroatoms. The molecule has 0 radical (unpaired) electrons. The lowest BCUT2D eigenvalue weighted by Gasteiger charge is -1.96. The van der Waals surface area contributed by atoms with Crippen LogP contribution in [0.25, 0.3) is 0 Å². The van der Waals surface area contributed by atoms with Crippen molar-refractivity contribution in [1.29, 1.82) is 0 Å². The molecule has 0 spiro atoms. The second kappa shape index (κ2) is 4.20. The Hall–Kier alpha value is -1.91. The third-order valence-corrected chi connectivity index (χ3v) is 1.58. The minimum Gasteiger partial charge on any atom is -0.411 e. The molecule has 13 heavy (non-hydrogen) atoms. The van der Waals surface area contributed by atoms with Gasteiger partial charge in [0.1, 0.15) is 0 Å². The maximum absolute atomic E-state index is 10.5. The van der Waals surface area contributed by atoms with Crippen molar-refractivity contribution in [3.05, 3.63) is 39.9 Å². The van der Waals surface area contributed by atoms with Gasteiger partial charge in [-0.05, 0) is 0 Å². The maximum atomic E-state index is 10.5. The van der Waals surface area contributed by atoms with E-state index in [4.69, 9.17) is 5.21 Å². The van der Waals surface area contributed by atoms with E-state index in [9.17, 15) is 10.1 Å². The fourth-order valence-corrected chi connectivity index (χ4v) is 1.00. The number of nitro groups is 1. The first kappa shape index (κ1) is 9.18. The molecule has 0 unspecified atom stereocenters. The van der Waals surface area contributed by atoms with Crippen LogP contribution in [0.15, 0.2) is 29.4 Å². The molecule has 0 saturated carbocycles. The van der Waals surface area contributed by atoms with Gasteiger partial charge >= 0.3 is 0 Å². The predicted molar refractivity (Wildman–Crippen MR) is 47.1 cm³/mol. The van der Waals surface area contributed by atoms with Crippen molar-refractivity contribution in [1.82, 2.24) is 0 Å². The Morgan fingerprint density at radius 2 is 2.23 bits per heavy atom. The lowest BCUT2D eigenvalue weighted by molar-refractivity contribution is -0.385. The van der Waals surface area contributed by atoms with Crippen LogP contribution < -0.4 is 0 Å². The van der Waals surface area contributed by atoms with Crippen molar-refractivity contribution in [3.8, 4) is 0 Å². The number of benzene rings is 1. The molecule has 68 valence electrons. The first-order chi connectivity index (χ1) is 6.25. The minimum absolute atomic E-state index is 0.0439. The van der Waals surface area contributed by atoms with E-state index in [0.717, 1.165) is 0 Å². The van der Waals surface area contributed by atoms with Crippen LogP contribution in [-0.4, -0.2) is 16.3 Å². The predicted octanol–water partition coefficient (Wildman–Crippen LogP) is 1.60. The first-order valence-corrected chi connectivity index (χ1v) is 3.64. The average Bonchev–Trinajstić information content (AvgIpc) is 2.15. The highest BCUT2D eigenvalue weighted by Crippen LogP contribution is 2.17. The van der Waals surface area contributed by atoms with E-state index in [0.29, 0.717) is 5.56 Å². The van der Waals surface area contributed by atoms with E-state index in [2.05, 4.69) is 5.16 Å². The Balaban J connectivity index is 2.97. The number of hydrogen-bond donors (Lipinski definition) is 1. The van der Waals surface area contributed by atoms with Crippen molar-refractivity contribution in [3.63, 3.8) is 0 Å². The van der Waals surface area contributed by atoms with E-state index >= 15 is 0 Å². The summed E-state index contributed by atoms with van der Waals surface area (Å²) in [5.41, 5.74) is 0.577. The van der Waals surface area contributed by atoms with Gasteiger partial charge in [-0.15, -0.1) is 5.16 Å². The van der Waals surface area contributed by atoms with Crippen LogP contribution in [0.4, 0.5) is 5.69 Å². The molecule has 5 nitrogen and oxygen atoms in total. The zero-order chi connectivity index (χ0) is 9.68. The summed E-state index contributed by atoms with van der Waals surface area (Å²) in [7, 11) is 0. The molecule has 0 heterocycles. The molecule has 1 aromatic rings. The van der Waals surface area contributed by atoms with Gasteiger partial charge in [-0.25, -0.2) is 0 Å². The molecular formula is C8H8N2O3. The normalized spacial score (nSPS) is 10.5. The summed E-state index contributed by atoms with van der Waals surface area (Å²) < 4.78 is 0. The number of nitrogens with zero attached hydrogens (tertiary/aromatic N) is 2. The standard InChI is InChI=1S/C8H8N2O3/c11-9-6-5-7-3-1-2-4-8(7)10(12)13/h1-4,6,11H,5H2. The zero-order valence-corrected chi connectivity index (χ0v) is 6.75. The molecule has 0 aliphatic rings. The van der Waals surface area contributed by atoms with Crippen molar-refractivity contribution in [2.45, 2.75) is 6.42 Å². The van der Waals surface area contributed by atoms with Gasteiger partial charge in [0.15, 0.2) is 0 Å². The Kier molecular flexibility index (Phi) is 2.97. The SMILES string of the molecule is O=[N+]([O-])c1ccccc1CC=NO. The lowest BCUT2D eigenvalue weighted by atomic mass is 10.1. The van der Waals surface area contributed by atoms with E-state index in [1.165, 1.54) is 12.3 Å². The first-order valence-electron chi connectivity index (χ1n) is 3.64. The molecule has 1 rings (SSSR count). The molecule has 0 amide bonds. The molecule has 1 N–H and O–H groups in total. The number of para-hydroxylation sites is 1. The van der Waals surface area contributed by atoms with Crippen LogP contribution in [0.3, 0.4) is 0 Å². The highest BCUT2D eigenvalue weighted by molar-refractivity contribution is 5.63. The van der Waals surface area contributed by atoms with E-state index in [1.807, 2.05) is 0 Å². The van der Waals surface area contributed by atoms with Crippen molar-refractivity contribution in [2.24, 2.45) is 5.16 Å². The van der Waals surface area contributed by atoms with Crippen LogP contribution in [0.1, 0.15) is 5.56 Å². The molecule has 0 aromatic heterocycles. The van der Waals surface area contributed by atoms with Gasteiger partial charge in [-0.3, -0.25) is 10.1 Å². The third-order valence-electron chi connectivity index (χ3n) is 1.58. The smallest absolute Gasteiger partial charge is 0.272 e. The largest absolute Gasteiger partial charge is 0.411 e. The quantitative estimate of drug-likeness (QED) is 0.332. The zero-order valence-electron chi connectivity index (χ0n) is 6.75. The van der Waals surface area contributed by atoms with Crippen molar-refractivity contribution < 1.29 is 10.1 Å². The molecule has 0 aliphatic heterocycles. The van der Waals surface area contributed by atoms with Gasteiger partial charge in [-0.2, -0.15) is 0 Å². The lowest BCUT2D eigenvalue weighted by Crippen LogP contribution is -1.95. The number of rotatable bonds is 3. The van der Waals surface area contributed by atoms with E-state index in [-0.39, 0.29) is 12.1 Å². The topological polar surface area (TPSA) is 75.7 Å². The molecule has 1 aromatic carbocycles. The summed E-state index contributed by atoms with van der Waals surface area (Å²) in [6.45, 7) is 0. The summed E-state index contributed by atoms with van der Waals surface area (Å²) in [5, 5.41) is 21.4. The molecule has 0 fully saturated rings. The number of oxime groups is 1. The Bertz CT molecular complexity index is 336. The van der Waals surface area contributed by atoms with E-state index in [1.54, 1.807) is 18.2 Å². The average molecular weight is 180 g/mol. The van der Waals surface area contributed by atoms with Gasteiger partial charge in [0, 0.05) is 24.3 Å². The minimum atomic E-state index is -0.458. The summed E-state index contributed by atoms with van der Waals surface area (Å²) in [6, 6.07) is 6.34. The maximum Gasteiger partial charge on any atom is 0.272 e. The molecule has 0 bridgehead atoms. The van der Waals surface area contributed by atoms with Gasteiger partial charge in [0.05, 0.1) is 4.92 Å². The van der Waals surface area contributed by atoms with Gasteiger partial charge in [0.2, 0.25) is 0 Å². The fourth-order valence-electron chi connectivity index (χ4n) is 1.00. The molecule has 0 atom stereocenters. The van der Waals surface area contributed by atoms with Crippen molar-refractivity contribution in [2.75, 3.05) is 0 Å². The second-order valence-corrected chi connectivity index (χ2v) is 2.39. The van der Waals surface area contributed by atoms with Crippen molar-refractivity contribution >= 4 is 11.9 Å². The Morgan fingerprint density at radius 3 is 2.85 bits per heavy atom. The Morgan fingerprint density at radius 1 is 1.54 bits per heavy atom. The van der Waals surface area contributed by atoms with Crippen LogP contribution in [0, 0.1) is 10.1 Å². The Labute approximate surface area is 74.5 Å².